The average Bonchev–Trinajstić information content (AvgIpc) is 2.77. The summed E-state index contributed by atoms with van der Waals surface area (Å²) < 4.78 is 6.51. The summed E-state index contributed by atoms with van der Waals surface area (Å²) in [6.07, 6.45) is 1.78. The van der Waals surface area contributed by atoms with Gasteiger partial charge in [-0.2, -0.15) is 0 Å². The van der Waals surface area contributed by atoms with Gasteiger partial charge >= 0.3 is 0 Å². The van der Waals surface area contributed by atoms with Crippen LogP contribution in [-0.2, 0) is 0 Å². The Morgan fingerprint density at radius 3 is 2.79 bits per heavy atom. The van der Waals surface area contributed by atoms with Gasteiger partial charge in [-0.15, -0.1) is 0 Å². The Bertz CT molecular complexity index is 721. The Labute approximate surface area is 119 Å². The van der Waals surface area contributed by atoms with Crippen molar-refractivity contribution >= 4 is 38.5 Å². The SMILES string of the molecule is Cc1nc2ccc(N(C)c3ccc(Br)cn3)cc2o1. The van der Waals surface area contributed by atoms with Gasteiger partial charge in [0.15, 0.2) is 11.5 Å². The first kappa shape index (κ1) is 12.2. The van der Waals surface area contributed by atoms with Crippen LogP contribution in [0.2, 0.25) is 0 Å². The molecule has 0 spiro atoms. The van der Waals surface area contributed by atoms with Crippen LogP contribution in [0.25, 0.3) is 11.1 Å². The molecule has 0 aliphatic carbocycles. The monoisotopic (exact) mass is 317 g/mol. The van der Waals surface area contributed by atoms with Crippen LogP contribution in [-0.4, -0.2) is 17.0 Å². The zero-order valence-electron chi connectivity index (χ0n) is 10.6. The summed E-state index contributed by atoms with van der Waals surface area (Å²) in [6, 6.07) is 9.86. The number of nitrogens with zero attached hydrogens (tertiary/aromatic N) is 3. The minimum Gasteiger partial charge on any atom is -0.441 e. The molecular weight excluding hydrogens is 306 g/mol. The molecule has 0 amide bonds. The smallest absolute Gasteiger partial charge is 0.192 e. The van der Waals surface area contributed by atoms with E-state index >= 15 is 0 Å². The highest BCUT2D eigenvalue weighted by atomic mass is 79.9. The maximum Gasteiger partial charge on any atom is 0.192 e. The third kappa shape index (κ3) is 2.33. The van der Waals surface area contributed by atoms with Gasteiger partial charge in [0.1, 0.15) is 11.3 Å². The van der Waals surface area contributed by atoms with Crippen molar-refractivity contribution in [3.05, 3.63) is 46.9 Å². The normalized spacial score (nSPS) is 10.9. The first-order valence-corrected chi connectivity index (χ1v) is 6.65. The lowest BCUT2D eigenvalue weighted by molar-refractivity contribution is 0.561. The van der Waals surface area contributed by atoms with E-state index < -0.39 is 0 Å². The zero-order valence-corrected chi connectivity index (χ0v) is 12.2. The Morgan fingerprint density at radius 1 is 1.21 bits per heavy atom. The highest BCUT2D eigenvalue weighted by Gasteiger charge is 2.08. The highest BCUT2D eigenvalue weighted by molar-refractivity contribution is 9.10. The van der Waals surface area contributed by atoms with Crippen LogP contribution in [0.4, 0.5) is 11.5 Å². The number of aromatic nitrogens is 2. The second-order valence-corrected chi connectivity index (χ2v) is 5.19. The van der Waals surface area contributed by atoms with Gasteiger partial charge in [-0.1, -0.05) is 0 Å². The minimum absolute atomic E-state index is 0.677. The second kappa shape index (κ2) is 4.66. The first-order valence-electron chi connectivity index (χ1n) is 5.86. The van der Waals surface area contributed by atoms with Gasteiger partial charge in [0.05, 0.1) is 0 Å². The molecule has 0 unspecified atom stereocenters. The van der Waals surface area contributed by atoms with Crippen molar-refractivity contribution in [1.82, 2.24) is 9.97 Å². The molecule has 0 saturated heterocycles. The molecule has 0 fully saturated rings. The molecule has 2 heterocycles. The Balaban J connectivity index is 2.00. The minimum atomic E-state index is 0.677. The summed E-state index contributed by atoms with van der Waals surface area (Å²) in [5.41, 5.74) is 2.68. The van der Waals surface area contributed by atoms with Crippen LogP contribution in [0.5, 0.6) is 0 Å². The van der Waals surface area contributed by atoms with E-state index in [0.29, 0.717) is 5.89 Å². The second-order valence-electron chi connectivity index (χ2n) is 4.28. The number of pyridine rings is 1. The van der Waals surface area contributed by atoms with Crippen LogP contribution in [0.3, 0.4) is 0 Å². The number of oxazole rings is 1. The number of aryl methyl sites for hydroxylation is 1. The summed E-state index contributed by atoms with van der Waals surface area (Å²) in [6.45, 7) is 1.85. The van der Waals surface area contributed by atoms with Crippen molar-refractivity contribution in [1.29, 1.82) is 0 Å². The molecule has 0 atom stereocenters. The van der Waals surface area contributed by atoms with Crippen LogP contribution < -0.4 is 4.90 Å². The summed E-state index contributed by atoms with van der Waals surface area (Å²) >= 11 is 3.38. The number of hydrogen-bond acceptors (Lipinski definition) is 4. The highest BCUT2D eigenvalue weighted by Crippen LogP contribution is 2.26. The van der Waals surface area contributed by atoms with Gasteiger partial charge < -0.3 is 9.32 Å². The molecule has 5 heteroatoms. The summed E-state index contributed by atoms with van der Waals surface area (Å²) in [7, 11) is 1.97. The number of benzene rings is 1. The number of hydrogen-bond donors (Lipinski definition) is 0. The van der Waals surface area contributed by atoms with E-state index in [4.69, 9.17) is 4.42 Å². The van der Waals surface area contributed by atoms with Gasteiger partial charge in [0.25, 0.3) is 0 Å². The van der Waals surface area contributed by atoms with Gasteiger partial charge in [-0.05, 0) is 40.2 Å². The molecule has 1 aromatic carbocycles. The predicted molar refractivity (Wildman–Crippen MR) is 78.7 cm³/mol. The molecule has 0 radical (unpaired) electrons. The van der Waals surface area contributed by atoms with Crippen molar-refractivity contribution in [3.8, 4) is 0 Å². The largest absolute Gasteiger partial charge is 0.441 e. The maximum absolute atomic E-state index is 5.55. The van der Waals surface area contributed by atoms with E-state index in [1.54, 1.807) is 6.20 Å². The third-order valence-electron chi connectivity index (χ3n) is 2.92. The molecule has 19 heavy (non-hydrogen) atoms. The Hall–Kier alpha value is -1.88. The van der Waals surface area contributed by atoms with Crippen molar-refractivity contribution in [2.45, 2.75) is 6.92 Å². The molecule has 0 bridgehead atoms. The molecule has 2 aromatic heterocycles. The molecule has 3 rings (SSSR count). The van der Waals surface area contributed by atoms with Gasteiger partial charge in [0, 0.05) is 36.4 Å². The van der Waals surface area contributed by atoms with E-state index in [2.05, 4.69) is 25.9 Å². The van der Waals surface area contributed by atoms with Gasteiger partial charge in [0.2, 0.25) is 0 Å². The average molecular weight is 318 g/mol. The van der Waals surface area contributed by atoms with Crippen LogP contribution >= 0.6 is 15.9 Å². The lowest BCUT2D eigenvalue weighted by atomic mass is 10.2. The molecule has 0 aliphatic rings. The number of fused-ring (bicyclic) bond motifs is 1. The molecule has 96 valence electrons. The molecule has 0 saturated carbocycles. The fourth-order valence-electron chi connectivity index (χ4n) is 1.94. The standard InChI is InChI=1S/C14H12BrN3O/c1-9-17-12-5-4-11(7-13(12)19-9)18(2)14-6-3-10(15)8-16-14/h3-8H,1-2H3. The predicted octanol–water partition coefficient (Wildman–Crippen LogP) is 4.06. The third-order valence-corrected chi connectivity index (χ3v) is 3.39. The molecule has 4 nitrogen and oxygen atoms in total. The molecule has 0 N–H and O–H groups in total. The fraction of sp³-hybridized carbons (Fsp3) is 0.143. The van der Waals surface area contributed by atoms with Crippen molar-refractivity contribution in [2.24, 2.45) is 0 Å². The van der Waals surface area contributed by atoms with E-state index in [1.165, 1.54) is 0 Å². The zero-order chi connectivity index (χ0) is 13.4. The number of anilines is 2. The van der Waals surface area contributed by atoms with E-state index in [0.717, 1.165) is 27.1 Å². The lowest BCUT2D eigenvalue weighted by Crippen LogP contribution is -2.10. The van der Waals surface area contributed by atoms with Crippen LogP contribution in [0.15, 0.2) is 45.4 Å². The first-order chi connectivity index (χ1) is 9.13. The van der Waals surface area contributed by atoms with Crippen LogP contribution in [0.1, 0.15) is 5.89 Å². The van der Waals surface area contributed by atoms with Crippen molar-refractivity contribution in [3.63, 3.8) is 0 Å². The quantitative estimate of drug-likeness (QED) is 0.714. The fourth-order valence-corrected chi connectivity index (χ4v) is 2.17. The maximum atomic E-state index is 5.55. The lowest BCUT2D eigenvalue weighted by Gasteiger charge is -2.17. The Morgan fingerprint density at radius 2 is 2.05 bits per heavy atom. The van der Waals surface area contributed by atoms with Crippen molar-refractivity contribution in [2.75, 3.05) is 11.9 Å². The van der Waals surface area contributed by atoms with Crippen molar-refractivity contribution < 1.29 is 4.42 Å². The topological polar surface area (TPSA) is 42.2 Å². The molecular formula is C14H12BrN3O. The van der Waals surface area contributed by atoms with E-state index in [-0.39, 0.29) is 0 Å². The van der Waals surface area contributed by atoms with Crippen LogP contribution in [0, 0.1) is 6.92 Å². The summed E-state index contributed by atoms with van der Waals surface area (Å²) in [4.78, 5) is 10.7. The summed E-state index contributed by atoms with van der Waals surface area (Å²) in [5, 5.41) is 0. The van der Waals surface area contributed by atoms with Gasteiger partial charge in [-0.25, -0.2) is 9.97 Å². The number of halogens is 1. The Kier molecular flexibility index (Phi) is 2.98. The number of rotatable bonds is 2. The summed E-state index contributed by atoms with van der Waals surface area (Å²) in [5.74, 6) is 1.55. The molecule has 0 aliphatic heterocycles. The van der Waals surface area contributed by atoms with Gasteiger partial charge in [-0.3, -0.25) is 0 Å². The van der Waals surface area contributed by atoms with E-state index in [9.17, 15) is 0 Å². The van der Waals surface area contributed by atoms with E-state index in [1.807, 2.05) is 49.2 Å². The molecule has 3 aromatic rings.